The third-order valence-corrected chi connectivity index (χ3v) is 3.69. The van der Waals surface area contributed by atoms with E-state index in [-0.39, 0.29) is 22.3 Å². The van der Waals surface area contributed by atoms with Crippen LogP contribution in [0.5, 0.6) is 0 Å². The van der Waals surface area contributed by atoms with Gasteiger partial charge in [0.15, 0.2) is 0 Å². The van der Waals surface area contributed by atoms with Crippen molar-refractivity contribution in [3.63, 3.8) is 0 Å². The van der Waals surface area contributed by atoms with Crippen molar-refractivity contribution >= 4 is 29.5 Å². The van der Waals surface area contributed by atoms with E-state index in [9.17, 15) is 19.2 Å². The number of carbonyl (C=O) groups excluding carboxylic acids is 4. The van der Waals surface area contributed by atoms with Gasteiger partial charge in [0.2, 0.25) is 0 Å². The van der Waals surface area contributed by atoms with Crippen LogP contribution in [0.3, 0.4) is 0 Å². The highest BCUT2D eigenvalue weighted by atomic mass is 16.6. The van der Waals surface area contributed by atoms with Gasteiger partial charge >= 0.3 is 23.9 Å². The third-order valence-electron chi connectivity index (χ3n) is 3.69. The Morgan fingerprint density at radius 1 is 0.708 bits per heavy atom. The van der Waals surface area contributed by atoms with Gasteiger partial charge in [0.05, 0.1) is 11.1 Å². The van der Waals surface area contributed by atoms with Crippen molar-refractivity contribution in [1.29, 1.82) is 0 Å². The van der Waals surface area contributed by atoms with Crippen LogP contribution in [0.25, 0.3) is 5.57 Å². The Morgan fingerprint density at radius 2 is 1.33 bits per heavy atom. The number of fused-ring (bicyclic) bond motifs is 1. The van der Waals surface area contributed by atoms with E-state index in [1.807, 2.05) is 0 Å². The molecule has 0 saturated heterocycles. The molecular formula is C18H12O6. The largest absolute Gasteiger partial charge is 0.386 e. The third kappa shape index (κ3) is 2.69. The highest BCUT2D eigenvalue weighted by Crippen LogP contribution is 2.27. The van der Waals surface area contributed by atoms with Gasteiger partial charge in [-0.1, -0.05) is 18.2 Å². The first-order valence-corrected chi connectivity index (χ1v) is 7.11. The lowest BCUT2D eigenvalue weighted by Crippen LogP contribution is -2.13. The van der Waals surface area contributed by atoms with E-state index < -0.39 is 23.9 Å². The lowest BCUT2D eigenvalue weighted by atomic mass is 9.98. The van der Waals surface area contributed by atoms with Crippen LogP contribution in [0.2, 0.25) is 0 Å². The predicted molar refractivity (Wildman–Crippen MR) is 82.8 cm³/mol. The zero-order valence-corrected chi connectivity index (χ0v) is 12.9. The lowest BCUT2D eigenvalue weighted by Gasteiger charge is -2.05. The van der Waals surface area contributed by atoms with Crippen molar-refractivity contribution in [2.24, 2.45) is 0 Å². The molecule has 0 amide bonds. The number of allylic oxidation sites excluding steroid dienone is 4. The molecule has 24 heavy (non-hydrogen) atoms. The molecule has 0 saturated carbocycles. The minimum Gasteiger partial charge on any atom is -0.386 e. The van der Waals surface area contributed by atoms with E-state index in [1.54, 1.807) is 18.2 Å². The average molecular weight is 324 g/mol. The van der Waals surface area contributed by atoms with Crippen LogP contribution >= 0.6 is 0 Å². The first-order chi connectivity index (χ1) is 11.4. The summed E-state index contributed by atoms with van der Waals surface area (Å²) < 4.78 is 9.28. The number of esters is 4. The first-order valence-electron chi connectivity index (χ1n) is 7.11. The van der Waals surface area contributed by atoms with Gasteiger partial charge < -0.3 is 9.47 Å². The number of hydrogen-bond acceptors (Lipinski definition) is 6. The predicted octanol–water partition coefficient (Wildman–Crippen LogP) is 2.36. The molecule has 0 N–H and O–H groups in total. The Balaban J connectivity index is 2.13. The van der Waals surface area contributed by atoms with Gasteiger partial charge in [-0.15, -0.1) is 0 Å². The molecule has 2 aliphatic heterocycles. The highest BCUT2D eigenvalue weighted by Gasteiger charge is 2.29. The standard InChI is InChI=1S/C18H12O6/c1-9-3-4-11(7-10(2)16(20)23-15(9)19)12-5-6-13-14(8-12)18(22)24-17(13)21/h3-8H,1-2H3/b9-3+,10-7+,11-4+. The molecule has 3 rings (SSSR count). The maximum atomic E-state index is 11.9. The van der Waals surface area contributed by atoms with E-state index in [0.717, 1.165) is 0 Å². The van der Waals surface area contributed by atoms with Gasteiger partial charge in [0.1, 0.15) is 0 Å². The normalized spacial score (nSPS) is 24.2. The van der Waals surface area contributed by atoms with Crippen LogP contribution < -0.4 is 0 Å². The van der Waals surface area contributed by atoms with Crippen molar-refractivity contribution in [1.82, 2.24) is 0 Å². The second-order valence-electron chi connectivity index (χ2n) is 5.41. The van der Waals surface area contributed by atoms with Crippen molar-refractivity contribution < 1.29 is 28.7 Å². The molecule has 0 atom stereocenters. The minimum atomic E-state index is -0.740. The van der Waals surface area contributed by atoms with Gasteiger partial charge in [-0.25, -0.2) is 19.2 Å². The molecule has 0 aliphatic carbocycles. The summed E-state index contributed by atoms with van der Waals surface area (Å²) in [6.07, 6.45) is 4.72. The highest BCUT2D eigenvalue weighted by molar-refractivity contribution is 6.15. The number of rotatable bonds is 1. The molecule has 6 heteroatoms. The topological polar surface area (TPSA) is 86.7 Å². The van der Waals surface area contributed by atoms with Gasteiger partial charge in [-0.3, -0.25) is 0 Å². The second kappa shape index (κ2) is 5.73. The Hall–Kier alpha value is -3.28. The van der Waals surface area contributed by atoms with Crippen LogP contribution in [0, 0.1) is 0 Å². The molecule has 2 heterocycles. The van der Waals surface area contributed by atoms with Gasteiger partial charge in [0.25, 0.3) is 0 Å². The van der Waals surface area contributed by atoms with Crippen molar-refractivity contribution in [3.8, 4) is 0 Å². The monoisotopic (exact) mass is 324 g/mol. The van der Waals surface area contributed by atoms with E-state index >= 15 is 0 Å². The van der Waals surface area contributed by atoms with Crippen molar-refractivity contribution in [2.45, 2.75) is 13.8 Å². The van der Waals surface area contributed by atoms with E-state index in [2.05, 4.69) is 4.74 Å². The van der Waals surface area contributed by atoms with Gasteiger partial charge in [0, 0.05) is 11.1 Å². The van der Waals surface area contributed by atoms with E-state index in [0.29, 0.717) is 11.1 Å². The van der Waals surface area contributed by atoms with Crippen LogP contribution in [-0.2, 0) is 19.1 Å². The first kappa shape index (κ1) is 15.6. The molecule has 0 radical (unpaired) electrons. The van der Waals surface area contributed by atoms with Gasteiger partial charge in [-0.05, 0) is 43.2 Å². The molecular weight excluding hydrogens is 312 g/mol. The Bertz CT molecular complexity index is 898. The van der Waals surface area contributed by atoms with Crippen LogP contribution in [0.15, 0.2) is 47.6 Å². The quantitative estimate of drug-likeness (QED) is 0.582. The minimum absolute atomic E-state index is 0.170. The second-order valence-corrected chi connectivity index (χ2v) is 5.41. The number of hydrogen-bond donors (Lipinski definition) is 0. The zero-order chi connectivity index (χ0) is 17.4. The van der Waals surface area contributed by atoms with Crippen LogP contribution in [0.1, 0.15) is 40.1 Å². The van der Waals surface area contributed by atoms with Crippen LogP contribution in [-0.4, -0.2) is 23.9 Å². The number of cyclic esters (lactones) is 4. The van der Waals surface area contributed by atoms with E-state index in [1.165, 1.54) is 32.1 Å². The summed E-state index contributed by atoms with van der Waals surface area (Å²) >= 11 is 0. The van der Waals surface area contributed by atoms with Crippen molar-refractivity contribution in [3.05, 3.63) is 64.3 Å². The molecule has 120 valence electrons. The lowest BCUT2D eigenvalue weighted by molar-refractivity contribution is -0.153. The van der Waals surface area contributed by atoms with Gasteiger partial charge in [-0.2, -0.15) is 0 Å². The Kier molecular flexibility index (Phi) is 3.73. The maximum absolute atomic E-state index is 11.9. The molecule has 0 aromatic heterocycles. The summed E-state index contributed by atoms with van der Waals surface area (Å²) in [6, 6.07) is 4.66. The molecule has 0 unspecified atom stereocenters. The fourth-order valence-corrected chi connectivity index (χ4v) is 2.31. The summed E-state index contributed by atoms with van der Waals surface area (Å²) in [7, 11) is 0. The maximum Gasteiger partial charge on any atom is 0.346 e. The summed E-state index contributed by atoms with van der Waals surface area (Å²) in [5, 5.41) is 0. The smallest absolute Gasteiger partial charge is 0.346 e. The summed E-state index contributed by atoms with van der Waals surface area (Å²) in [5.41, 5.74) is 2.06. The summed E-state index contributed by atoms with van der Waals surface area (Å²) in [5.74, 6) is -2.84. The zero-order valence-electron chi connectivity index (χ0n) is 12.9. The number of carbonyl (C=O) groups is 4. The average Bonchev–Trinajstić information content (AvgIpc) is 2.85. The molecule has 2 aliphatic rings. The molecule has 0 fully saturated rings. The molecule has 0 bridgehead atoms. The SMILES string of the molecule is C\C1=C/C=C(c2ccc3c(c2)C(=O)OC3=O)\C=C(/C)C(=O)OC1=O. The number of benzene rings is 1. The van der Waals surface area contributed by atoms with E-state index in [4.69, 9.17) is 4.74 Å². The fourth-order valence-electron chi connectivity index (χ4n) is 2.31. The summed E-state index contributed by atoms with van der Waals surface area (Å²) in [6.45, 7) is 3.05. The Labute approximate surface area is 137 Å². The van der Waals surface area contributed by atoms with Crippen molar-refractivity contribution in [2.75, 3.05) is 0 Å². The molecule has 1 aromatic rings. The summed E-state index contributed by atoms with van der Waals surface area (Å²) in [4.78, 5) is 46.7. The number of ether oxygens (including phenoxy) is 2. The molecule has 1 aromatic carbocycles. The Morgan fingerprint density at radius 3 is 2.08 bits per heavy atom. The fraction of sp³-hybridized carbons (Fsp3) is 0.111. The molecule has 6 nitrogen and oxygen atoms in total. The van der Waals surface area contributed by atoms with Crippen LogP contribution in [0.4, 0.5) is 0 Å². The molecule has 0 spiro atoms.